The van der Waals surface area contributed by atoms with Crippen LogP contribution in [0.15, 0.2) is 36.5 Å². The molecule has 9 heteroatoms. The number of carbonyl (C=O) groups is 2. The SMILES string of the molecule is O=C(O)C1CCN(C(=O)c2ccn(-c3ccccc3[N+](=O)[O-])n2)CC1. The summed E-state index contributed by atoms with van der Waals surface area (Å²) >= 11 is 0. The van der Waals surface area contributed by atoms with E-state index in [1.54, 1.807) is 23.1 Å². The molecule has 0 atom stereocenters. The molecule has 1 amide bonds. The zero-order chi connectivity index (χ0) is 18.0. The molecule has 3 rings (SSSR count). The fourth-order valence-corrected chi connectivity index (χ4v) is 2.88. The number of aromatic nitrogens is 2. The average Bonchev–Trinajstić information content (AvgIpc) is 3.11. The number of para-hydroxylation sites is 2. The molecule has 0 unspecified atom stereocenters. The van der Waals surface area contributed by atoms with Gasteiger partial charge < -0.3 is 10.0 Å². The summed E-state index contributed by atoms with van der Waals surface area (Å²) in [6.45, 7) is 0.711. The van der Waals surface area contributed by atoms with Crippen molar-refractivity contribution in [2.45, 2.75) is 12.8 Å². The Hall–Kier alpha value is -3.23. The molecule has 1 aliphatic heterocycles. The maximum Gasteiger partial charge on any atom is 0.306 e. The molecule has 2 heterocycles. The van der Waals surface area contributed by atoms with Crippen molar-refractivity contribution in [3.8, 4) is 5.69 Å². The first kappa shape index (κ1) is 16.6. The van der Waals surface area contributed by atoms with Crippen LogP contribution < -0.4 is 0 Å². The summed E-state index contributed by atoms with van der Waals surface area (Å²) in [5.41, 5.74) is 0.343. The Balaban J connectivity index is 1.77. The number of likely N-dealkylation sites (tertiary alicyclic amines) is 1. The molecular weight excluding hydrogens is 328 g/mol. The minimum absolute atomic E-state index is 0.105. The number of rotatable bonds is 4. The van der Waals surface area contributed by atoms with Gasteiger partial charge in [-0.1, -0.05) is 12.1 Å². The fourth-order valence-electron chi connectivity index (χ4n) is 2.88. The molecule has 130 valence electrons. The standard InChI is InChI=1S/C16H16N4O5/c21-15(18-8-5-11(6-9-18)16(22)23)12-7-10-19(17-12)13-3-1-2-4-14(13)20(24)25/h1-4,7,10-11H,5-6,8-9H2,(H,22,23). The molecule has 1 aromatic heterocycles. The molecule has 1 N–H and O–H groups in total. The van der Waals surface area contributed by atoms with E-state index in [4.69, 9.17) is 5.11 Å². The van der Waals surface area contributed by atoms with Crippen LogP contribution in [0.25, 0.3) is 5.69 Å². The molecule has 0 radical (unpaired) electrons. The zero-order valence-corrected chi connectivity index (χ0v) is 13.2. The van der Waals surface area contributed by atoms with E-state index in [-0.39, 0.29) is 23.0 Å². The summed E-state index contributed by atoms with van der Waals surface area (Å²) in [6, 6.07) is 7.64. The number of benzene rings is 1. The van der Waals surface area contributed by atoms with Crippen molar-refractivity contribution in [3.05, 3.63) is 52.3 Å². The number of hydrogen-bond acceptors (Lipinski definition) is 5. The number of amides is 1. The molecule has 0 bridgehead atoms. The molecule has 1 aliphatic rings. The van der Waals surface area contributed by atoms with Crippen LogP contribution in [0.2, 0.25) is 0 Å². The van der Waals surface area contributed by atoms with Gasteiger partial charge in [-0.05, 0) is 25.0 Å². The van der Waals surface area contributed by atoms with E-state index >= 15 is 0 Å². The minimum atomic E-state index is -0.840. The predicted octanol–water partition coefficient (Wildman–Crippen LogP) is 1.72. The lowest BCUT2D eigenvalue weighted by Crippen LogP contribution is -2.40. The lowest BCUT2D eigenvalue weighted by atomic mass is 9.97. The summed E-state index contributed by atoms with van der Waals surface area (Å²) in [7, 11) is 0. The van der Waals surface area contributed by atoms with Gasteiger partial charge in [0.25, 0.3) is 11.6 Å². The van der Waals surface area contributed by atoms with Gasteiger partial charge in [-0.3, -0.25) is 19.7 Å². The monoisotopic (exact) mass is 344 g/mol. The Morgan fingerprint density at radius 2 is 1.88 bits per heavy atom. The van der Waals surface area contributed by atoms with Crippen LogP contribution in [0.1, 0.15) is 23.3 Å². The average molecular weight is 344 g/mol. The third-order valence-electron chi connectivity index (χ3n) is 4.26. The molecule has 1 fully saturated rings. The van der Waals surface area contributed by atoms with Gasteiger partial charge in [-0.25, -0.2) is 4.68 Å². The van der Waals surface area contributed by atoms with Crippen molar-refractivity contribution in [1.82, 2.24) is 14.7 Å². The molecule has 0 saturated carbocycles. The van der Waals surface area contributed by atoms with E-state index in [2.05, 4.69) is 5.10 Å². The van der Waals surface area contributed by atoms with Gasteiger partial charge in [-0.15, -0.1) is 0 Å². The Labute approximate surface area is 142 Å². The van der Waals surface area contributed by atoms with E-state index in [0.717, 1.165) is 0 Å². The Bertz CT molecular complexity index is 823. The van der Waals surface area contributed by atoms with Crippen molar-refractivity contribution >= 4 is 17.6 Å². The number of nitro benzene ring substituents is 1. The van der Waals surface area contributed by atoms with Crippen LogP contribution in [-0.2, 0) is 4.79 Å². The van der Waals surface area contributed by atoms with Gasteiger partial charge in [0.05, 0.1) is 10.8 Å². The Morgan fingerprint density at radius 3 is 2.52 bits per heavy atom. The molecule has 2 aromatic rings. The van der Waals surface area contributed by atoms with E-state index in [9.17, 15) is 19.7 Å². The molecule has 25 heavy (non-hydrogen) atoms. The molecule has 0 aliphatic carbocycles. The first-order valence-corrected chi connectivity index (χ1v) is 7.79. The van der Waals surface area contributed by atoms with Gasteiger partial charge in [0.2, 0.25) is 0 Å². The van der Waals surface area contributed by atoms with Crippen LogP contribution >= 0.6 is 0 Å². The summed E-state index contributed by atoms with van der Waals surface area (Å²) < 4.78 is 1.30. The van der Waals surface area contributed by atoms with Crippen molar-refractivity contribution in [3.63, 3.8) is 0 Å². The highest BCUT2D eigenvalue weighted by Gasteiger charge is 2.28. The van der Waals surface area contributed by atoms with Gasteiger partial charge in [0.1, 0.15) is 5.69 Å². The topological polar surface area (TPSA) is 119 Å². The van der Waals surface area contributed by atoms with Crippen molar-refractivity contribution < 1.29 is 19.6 Å². The van der Waals surface area contributed by atoms with Crippen LogP contribution in [0.4, 0.5) is 5.69 Å². The lowest BCUT2D eigenvalue weighted by molar-refractivity contribution is -0.384. The van der Waals surface area contributed by atoms with Crippen molar-refractivity contribution in [2.24, 2.45) is 5.92 Å². The van der Waals surface area contributed by atoms with E-state index in [0.29, 0.717) is 25.9 Å². The van der Waals surface area contributed by atoms with Crippen molar-refractivity contribution in [2.75, 3.05) is 13.1 Å². The summed E-state index contributed by atoms with van der Waals surface area (Å²) in [5, 5.41) is 24.3. The molecular formula is C16H16N4O5. The second-order valence-corrected chi connectivity index (χ2v) is 5.80. The smallest absolute Gasteiger partial charge is 0.306 e. The van der Waals surface area contributed by atoms with Crippen LogP contribution in [-0.4, -0.2) is 49.7 Å². The molecule has 1 aromatic carbocycles. The van der Waals surface area contributed by atoms with Gasteiger partial charge in [0, 0.05) is 25.4 Å². The predicted molar refractivity (Wildman–Crippen MR) is 86.5 cm³/mol. The highest BCUT2D eigenvalue weighted by atomic mass is 16.6. The fraction of sp³-hybridized carbons (Fsp3) is 0.312. The van der Waals surface area contributed by atoms with E-state index < -0.39 is 16.8 Å². The summed E-state index contributed by atoms with van der Waals surface area (Å²) in [4.78, 5) is 35.6. The Morgan fingerprint density at radius 1 is 1.20 bits per heavy atom. The molecule has 9 nitrogen and oxygen atoms in total. The normalized spacial score (nSPS) is 15.1. The van der Waals surface area contributed by atoms with Gasteiger partial charge in [0.15, 0.2) is 5.69 Å². The quantitative estimate of drug-likeness (QED) is 0.666. The lowest BCUT2D eigenvalue weighted by Gasteiger charge is -2.29. The number of carbonyl (C=O) groups excluding carboxylic acids is 1. The minimum Gasteiger partial charge on any atom is -0.481 e. The molecule has 1 saturated heterocycles. The number of piperidine rings is 1. The third kappa shape index (κ3) is 3.35. The second-order valence-electron chi connectivity index (χ2n) is 5.80. The summed E-state index contributed by atoms with van der Waals surface area (Å²) in [5.74, 6) is -1.57. The first-order valence-electron chi connectivity index (χ1n) is 7.79. The third-order valence-corrected chi connectivity index (χ3v) is 4.26. The highest BCUT2D eigenvalue weighted by Crippen LogP contribution is 2.23. The van der Waals surface area contributed by atoms with Gasteiger partial charge >= 0.3 is 5.97 Å². The van der Waals surface area contributed by atoms with Crippen LogP contribution in [0.3, 0.4) is 0 Å². The maximum atomic E-state index is 12.5. The Kier molecular flexibility index (Phi) is 4.46. The number of nitro groups is 1. The summed E-state index contributed by atoms with van der Waals surface area (Å²) in [6.07, 6.45) is 2.32. The highest BCUT2D eigenvalue weighted by molar-refractivity contribution is 5.92. The number of carboxylic acid groups (broad SMARTS) is 1. The van der Waals surface area contributed by atoms with E-state index in [1.165, 1.54) is 23.0 Å². The zero-order valence-electron chi connectivity index (χ0n) is 13.2. The number of hydrogen-bond donors (Lipinski definition) is 1. The van der Waals surface area contributed by atoms with Crippen LogP contribution in [0.5, 0.6) is 0 Å². The van der Waals surface area contributed by atoms with Crippen LogP contribution in [0, 0.1) is 16.0 Å². The number of nitrogens with zero attached hydrogens (tertiary/aromatic N) is 4. The van der Waals surface area contributed by atoms with Gasteiger partial charge in [-0.2, -0.15) is 5.10 Å². The molecule has 0 spiro atoms. The van der Waals surface area contributed by atoms with E-state index in [1.807, 2.05) is 0 Å². The number of carboxylic acids is 1. The largest absolute Gasteiger partial charge is 0.481 e. The first-order chi connectivity index (χ1) is 12.0. The number of aliphatic carboxylic acids is 1. The van der Waals surface area contributed by atoms with Crippen molar-refractivity contribution in [1.29, 1.82) is 0 Å². The second kappa shape index (κ2) is 6.71. The maximum absolute atomic E-state index is 12.5.